The Kier molecular flexibility index (Phi) is 4.65. The first-order chi connectivity index (χ1) is 6.72. The summed E-state index contributed by atoms with van der Waals surface area (Å²) in [5, 5.41) is 3.52. The Labute approximate surface area is 91.2 Å². The summed E-state index contributed by atoms with van der Waals surface area (Å²) in [6.07, 6.45) is 3.88. The lowest BCUT2D eigenvalue weighted by Gasteiger charge is -1.98. The van der Waals surface area contributed by atoms with Gasteiger partial charge in [0, 0.05) is 11.8 Å². The number of rotatable bonds is 5. The summed E-state index contributed by atoms with van der Waals surface area (Å²) in [5.74, 6) is -0.0483. The summed E-state index contributed by atoms with van der Waals surface area (Å²) in [4.78, 5) is 15.2. The first kappa shape index (κ1) is 11.2. The maximum atomic E-state index is 11.3. The van der Waals surface area contributed by atoms with E-state index in [0.29, 0.717) is 6.42 Å². The summed E-state index contributed by atoms with van der Waals surface area (Å²) >= 11 is 3.31. The van der Waals surface area contributed by atoms with Gasteiger partial charge in [-0.05, 0) is 19.8 Å². The Balaban J connectivity index is 2.27. The molecule has 5 heteroatoms. The molecule has 1 N–H and O–H groups in total. The Hall–Kier alpha value is -0.840. The predicted octanol–water partition coefficient (Wildman–Crippen LogP) is 2.49. The second-order valence-corrected chi connectivity index (χ2v) is 3.78. The summed E-state index contributed by atoms with van der Waals surface area (Å²) in [6, 6.07) is 0.284. The highest BCUT2D eigenvalue weighted by atomic mass is 79.9. The molecule has 0 fully saturated rings. The van der Waals surface area contributed by atoms with E-state index in [2.05, 4.69) is 26.2 Å². The van der Waals surface area contributed by atoms with Crippen LogP contribution in [0.4, 0.5) is 6.01 Å². The molecule has 0 saturated carbocycles. The third kappa shape index (κ3) is 3.91. The lowest BCUT2D eigenvalue weighted by Crippen LogP contribution is -2.11. The molecule has 4 nitrogen and oxygen atoms in total. The number of anilines is 1. The Morgan fingerprint density at radius 1 is 1.64 bits per heavy atom. The fraction of sp³-hybridized carbons (Fsp3) is 0.556. The van der Waals surface area contributed by atoms with E-state index >= 15 is 0 Å². The molecule has 1 aromatic rings. The molecule has 0 saturated heterocycles. The minimum atomic E-state index is -0.0483. The number of aryl methyl sites for hydroxylation is 1. The number of carbonyl (C=O) groups is 1. The maximum absolute atomic E-state index is 11.3. The van der Waals surface area contributed by atoms with Crippen LogP contribution in [0, 0.1) is 6.92 Å². The summed E-state index contributed by atoms with van der Waals surface area (Å²) in [5.41, 5.74) is 0.765. The molecule has 0 unspecified atom stereocenters. The zero-order valence-electron chi connectivity index (χ0n) is 8.05. The third-order valence-corrected chi connectivity index (χ3v) is 2.21. The van der Waals surface area contributed by atoms with Crippen LogP contribution < -0.4 is 5.32 Å². The molecule has 0 spiro atoms. The monoisotopic (exact) mass is 260 g/mol. The fourth-order valence-electron chi connectivity index (χ4n) is 0.973. The molecule has 0 atom stereocenters. The highest BCUT2D eigenvalue weighted by Crippen LogP contribution is 2.07. The first-order valence-electron chi connectivity index (χ1n) is 4.50. The molecule has 0 aliphatic heterocycles. The molecule has 0 aliphatic rings. The summed E-state index contributed by atoms with van der Waals surface area (Å²) in [6.45, 7) is 1.81. The third-order valence-electron chi connectivity index (χ3n) is 1.65. The number of halogens is 1. The molecule has 1 heterocycles. The number of oxazole rings is 1. The van der Waals surface area contributed by atoms with Gasteiger partial charge in [-0.2, -0.15) is 4.98 Å². The van der Waals surface area contributed by atoms with Gasteiger partial charge in [-0.15, -0.1) is 0 Å². The molecule has 1 aromatic heterocycles. The van der Waals surface area contributed by atoms with Crippen LogP contribution in [-0.4, -0.2) is 16.2 Å². The van der Waals surface area contributed by atoms with Crippen LogP contribution >= 0.6 is 15.9 Å². The zero-order valence-corrected chi connectivity index (χ0v) is 9.63. The lowest BCUT2D eigenvalue weighted by atomic mass is 10.2. The van der Waals surface area contributed by atoms with E-state index in [0.717, 1.165) is 23.9 Å². The maximum Gasteiger partial charge on any atom is 0.301 e. The van der Waals surface area contributed by atoms with E-state index < -0.39 is 0 Å². The van der Waals surface area contributed by atoms with Crippen LogP contribution in [0.15, 0.2) is 10.7 Å². The van der Waals surface area contributed by atoms with Crippen LogP contribution in [0.25, 0.3) is 0 Å². The minimum absolute atomic E-state index is 0.0483. The van der Waals surface area contributed by atoms with Crippen LogP contribution in [-0.2, 0) is 4.79 Å². The molecule has 14 heavy (non-hydrogen) atoms. The summed E-state index contributed by atoms with van der Waals surface area (Å²) in [7, 11) is 0. The van der Waals surface area contributed by atoms with Gasteiger partial charge in [-0.3, -0.25) is 10.1 Å². The van der Waals surface area contributed by atoms with Crippen molar-refractivity contribution in [3.05, 3.63) is 12.0 Å². The standard InChI is InChI=1S/C9H13BrN2O2/c1-7-6-14-9(11-7)12-8(13)4-2-3-5-10/h6H,2-5H2,1H3,(H,11,12,13). The van der Waals surface area contributed by atoms with E-state index in [9.17, 15) is 4.79 Å². The van der Waals surface area contributed by atoms with Gasteiger partial charge in [-0.25, -0.2) is 0 Å². The molecule has 0 aromatic carbocycles. The van der Waals surface area contributed by atoms with Crippen molar-refractivity contribution in [2.24, 2.45) is 0 Å². The van der Waals surface area contributed by atoms with Crippen LogP contribution in [0.2, 0.25) is 0 Å². The number of amides is 1. The number of aromatic nitrogens is 1. The van der Waals surface area contributed by atoms with E-state index in [1.54, 1.807) is 0 Å². The average molecular weight is 261 g/mol. The second kappa shape index (κ2) is 5.80. The molecule has 0 bridgehead atoms. The Morgan fingerprint density at radius 2 is 2.43 bits per heavy atom. The molecule has 1 rings (SSSR count). The number of hydrogen-bond acceptors (Lipinski definition) is 3. The smallest absolute Gasteiger partial charge is 0.301 e. The van der Waals surface area contributed by atoms with E-state index in [4.69, 9.17) is 4.42 Å². The molecule has 1 amide bonds. The van der Waals surface area contributed by atoms with Crippen molar-refractivity contribution < 1.29 is 9.21 Å². The Bertz CT molecular complexity index is 299. The van der Waals surface area contributed by atoms with Gasteiger partial charge >= 0.3 is 6.01 Å². The number of unbranched alkanes of at least 4 members (excludes halogenated alkanes) is 1. The predicted molar refractivity (Wildman–Crippen MR) is 57.5 cm³/mol. The fourth-order valence-corrected chi connectivity index (χ4v) is 1.37. The van der Waals surface area contributed by atoms with Crippen LogP contribution in [0.5, 0.6) is 0 Å². The number of nitrogens with zero attached hydrogens (tertiary/aromatic N) is 1. The van der Waals surface area contributed by atoms with Crippen molar-refractivity contribution >= 4 is 27.9 Å². The molecule has 78 valence electrons. The van der Waals surface area contributed by atoms with Crippen molar-refractivity contribution in [1.82, 2.24) is 4.98 Å². The van der Waals surface area contributed by atoms with Gasteiger partial charge in [0.15, 0.2) is 0 Å². The zero-order chi connectivity index (χ0) is 10.4. The number of carbonyl (C=O) groups excluding carboxylic acids is 1. The van der Waals surface area contributed by atoms with Crippen molar-refractivity contribution in [2.45, 2.75) is 26.2 Å². The highest BCUT2D eigenvalue weighted by Gasteiger charge is 2.05. The number of nitrogens with one attached hydrogen (secondary N) is 1. The number of alkyl halides is 1. The molecule has 0 aliphatic carbocycles. The first-order valence-corrected chi connectivity index (χ1v) is 5.62. The van der Waals surface area contributed by atoms with Gasteiger partial charge in [0.2, 0.25) is 5.91 Å². The van der Waals surface area contributed by atoms with E-state index in [-0.39, 0.29) is 11.9 Å². The topological polar surface area (TPSA) is 55.1 Å². The Morgan fingerprint density at radius 3 is 3.00 bits per heavy atom. The molecular weight excluding hydrogens is 248 g/mol. The van der Waals surface area contributed by atoms with Crippen molar-refractivity contribution in [3.63, 3.8) is 0 Å². The van der Waals surface area contributed by atoms with Gasteiger partial charge in [0.1, 0.15) is 6.26 Å². The van der Waals surface area contributed by atoms with Gasteiger partial charge in [0.05, 0.1) is 5.69 Å². The summed E-state index contributed by atoms with van der Waals surface area (Å²) < 4.78 is 4.99. The highest BCUT2D eigenvalue weighted by molar-refractivity contribution is 9.09. The quantitative estimate of drug-likeness (QED) is 0.654. The second-order valence-electron chi connectivity index (χ2n) is 2.99. The normalized spacial score (nSPS) is 10.1. The minimum Gasteiger partial charge on any atom is -0.432 e. The lowest BCUT2D eigenvalue weighted by molar-refractivity contribution is -0.116. The van der Waals surface area contributed by atoms with Crippen LogP contribution in [0.3, 0.4) is 0 Å². The molecule has 0 radical (unpaired) electrons. The van der Waals surface area contributed by atoms with Gasteiger partial charge in [-0.1, -0.05) is 15.9 Å². The average Bonchev–Trinajstić information content (AvgIpc) is 2.52. The van der Waals surface area contributed by atoms with Gasteiger partial charge in [0.25, 0.3) is 0 Å². The van der Waals surface area contributed by atoms with E-state index in [1.165, 1.54) is 6.26 Å². The van der Waals surface area contributed by atoms with E-state index in [1.807, 2.05) is 6.92 Å². The SMILES string of the molecule is Cc1coc(NC(=O)CCCCBr)n1. The number of hydrogen-bond donors (Lipinski definition) is 1. The van der Waals surface area contributed by atoms with Gasteiger partial charge < -0.3 is 4.42 Å². The van der Waals surface area contributed by atoms with Crippen molar-refractivity contribution in [1.29, 1.82) is 0 Å². The molecular formula is C9H13BrN2O2. The van der Waals surface area contributed by atoms with Crippen LogP contribution in [0.1, 0.15) is 25.0 Å². The largest absolute Gasteiger partial charge is 0.432 e. The van der Waals surface area contributed by atoms with Crippen molar-refractivity contribution in [2.75, 3.05) is 10.6 Å². The van der Waals surface area contributed by atoms with Crippen molar-refractivity contribution in [3.8, 4) is 0 Å².